The molecule has 106 valence electrons. The van der Waals surface area contributed by atoms with Gasteiger partial charge in [0, 0.05) is 26.1 Å². The van der Waals surface area contributed by atoms with Crippen LogP contribution in [0.1, 0.15) is 18.4 Å². The van der Waals surface area contributed by atoms with Crippen LogP contribution in [0.25, 0.3) is 0 Å². The van der Waals surface area contributed by atoms with Crippen LogP contribution in [0.2, 0.25) is 0 Å². The average molecular weight is 286 g/mol. The van der Waals surface area contributed by atoms with Gasteiger partial charge >= 0.3 is 0 Å². The van der Waals surface area contributed by atoms with Crippen LogP contribution in [0.3, 0.4) is 0 Å². The Balaban J connectivity index is 2.03. The van der Waals surface area contributed by atoms with Gasteiger partial charge in [0.15, 0.2) is 0 Å². The summed E-state index contributed by atoms with van der Waals surface area (Å²) in [6.07, 6.45) is 0.771. The van der Waals surface area contributed by atoms with Crippen LogP contribution in [0.4, 0.5) is 0 Å². The van der Waals surface area contributed by atoms with Crippen LogP contribution < -0.4 is 0 Å². The van der Waals surface area contributed by atoms with Crippen molar-refractivity contribution in [3.63, 3.8) is 0 Å². The number of rotatable bonds is 4. The zero-order chi connectivity index (χ0) is 13.9. The Labute approximate surface area is 113 Å². The van der Waals surface area contributed by atoms with Crippen molar-refractivity contribution in [1.82, 2.24) is 0 Å². The maximum absolute atomic E-state index is 12.0. The Morgan fingerprint density at radius 2 is 1.84 bits per heavy atom. The van der Waals surface area contributed by atoms with Crippen LogP contribution in [0.15, 0.2) is 29.2 Å². The lowest BCUT2D eigenvalue weighted by molar-refractivity contribution is -0.0846. The molecule has 1 heterocycles. The highest BCUT2D eigenvalue weighted by Crippen LogP contribution is 2.23. The van der Waals surface area contributed by atoms with Gasteiger partial charge in [0.05, 0.1) is 17.1 Å². The molecule has 0 aromatic heterocycles. The number of hydrogen-bond donors (Lipinski definition) is 1. The third kappa shape index (κ3) is 3.76. The molecule has 0 aliphatic carbocycles. The highest BCUT2D eigenvalue weighted by atomic mass is 32.2. The Bertz CT molecular complexity index is 514. The average Bonchev–Trinajstić information content (AvgIpc) is 2.38. The molecule has 1 saturated heterocycles. The van der Waals surface area contributed by atoms with Crippen molar-refractivity contribution >= 4 is 10.1 Å². The number of benzene rings is 1. The second-order valence-electron chi connectivity index (χ2n) is 4.87. The molecule has 0 spiro atoms. The lowest BCUT2D eigenvalue weighted by atomic mass is 9.96. The summed E-state index contributed by atoms with van der Waals surface area (Å²) in [6, 6.07) is 6.41. The fraction of sp³-hybridized carbons (Fsp3) is 0.538. The van der Waals surface area contributed by atoms with Gasteiger partial charge in [-0.3, -0.25) is 4.18 Å². The Morgan fingerprint density at radius 3 is 2.42 bits per heavy atom. The first-order valence-electron chi connectivity index (χ1n) is 6.18. The molecule has 0 bridgehead atoms. The monoisotopic (exact) mass is 286 g/mol. The van der Waals surface area contributed by atoms with Gasteiger partial charge in [-0.15, -0.1) is 0 Å². The zero-order valence-electron chi connectivity index (χ0n) is 10.8. The molecule has 0 radical (unpaired) electrons. The molecular weight excluding hydrogens is 268 g/mol. The minimum atomic E-state index is -3.82. The SMILES string of the molecule is Cc1ccc(S(=O)(=O)OCC2(O)CCOCC2)cc1. The van der Waals surface area contributed by atoms with E-state index >= 15 is 0 Å². The Hall–Kier alpha value is -0.950. The van der Waals surface area contributed by atoms with E-state index in [0.717, 1.165) is 5.56 Å². The number of hydrogen-bond acceptors (Lipinski definition) is 5. The van der Waals surface area contributed by atoms with Crippen molar-refractivity contribution in [1.29, 1.82) is 0 Å². The van der Waals surface area contributed by atoms with Gasteiger partial charge in [0.2, 0.25) is 0 Å². The van der Waals surface area contributed by atoms with Crippen LogP contribution >= 0.6 is 0 Å². The zero-order valence-corrected chi connectivity index (χ0v) is 11.6. The molecule has 1 aliphatic rings. The number of aliphatic hydroxyl groups is 1. The fourth-order valence-corrected chi connectivity index (χ4v) is 2.84. The standard InChI is InChI=1S/C13H18O5S/c1-11-2-4-12(5-3-11)19(15,16)18-10-13(14)6-8-17-9-7-13/h2-5,14H,6-10H2,1H3. The third-order valence-electron chi connectivity index (χ3n) is 3.22. The topological polar surface area (TPSA) is 72.8 Å². The van der Waals surface area contributed by atoms with Gasteiger partial charge in [0.25, 0.3) is 10.1 Å². The smallest absolute Gasteiger partial charge is 0.297 e. The molecule has 5 nitrogen and oxygen atoms in total. The Kier molecular flexibility index (Phi) is 4.25. The maximum Gasteiger partial charge on any atom is 0.297 e. The van der Waals surface area contributed by atoms with E-state index in [4.69, 9.17) is 8.92 Å². The van der Waals surface area contributed by atoms with E-state index in [2.05, 4.69) is 0 Å². The summed E-state index contributed by atoms with van der Waals surface area (Å²) in [6.45, 7) is 2.49. The van der Waals surface area contributed by atoms with E-state index in [1.807, 2.05) is 6.92 Å². The van der Waals surface area contributed by atoms with E-state index in [1.165, 1.54) is 12.1 Å². The normalized spacial score (nSPS) is 19.3. The predicted octanol–water partition coefficient (Wildman–Crippen LogP) is 1.24. The first-order chi connectivity index (χ1) is 8.91. The molecule has 1 aliphatic heterocycles. The summed E-state index contributed by atoms with van der Waals surface area (Å²) in [5.74, 6) is 0. The summed E-state index contributed by atoms with van der Waals surface area (Å²) >= 11 is 0. The molecule has 2 rings (SSSR count). The summed E-state index contributed by atoms with van der Waals surface area (Å²) in [4.78, 5) is 0.105. The van der Waals surface area contributed by atoms with Gasteiger partial charge in [-0.25, -0.2) is 0 Å². The van der Waals surface area contributed by atoms with Crippen molar-refractivity contribution < 1.29 is 22.4 Å². The van der Waals surface area contributed by atoms with Gasteiger partial charge in [-0.05, 0) is 19.1 Å². The van der Waals surface area contributed by atoms with Crippen molar-refractivity contribution in [3.8, 4) is 0 Å². The van der Waals surface area contributed by atoms with E-state index < -0.39 is 15.7 Å². The summed E-state index contributed by atoms with van der Waals surface area (Å²) in [7, 11) is -3.82. The van der Waals surface area contributed by atoms with Crippen LogP contribution in [-0.2, 0) is 19.0 Å². The quantitative estimate of drug-likeness (QED) is 0.843. The molecule has 0 atom stereocenters. The van der Waals surface area contributed by atoms with Crippen molar-refractivity contribution in [2.75, 3.05) is 19.8 Å². The van der Waals surface area contributed by atoms with E-state index in [9.17, 15) is 13.5 Å². The minimum absolute atomic E-state index is 0.105. The molecule has 0 amide bonds. The van der Waals surface area contributed by atoms with Gasteiger partial charge < -0.3 is 9.84 Å². The maximum atomic E-state index is 12.0. The highest BCUT2D eigenvalue weighted by molar-refractivity contribution is 7.86. The van der Waals surface area contributed by atoms with E-state index in [-0.39, 0.29) is 11.5 Å². The van der Waals surface area contributed by atoms with E-state index in [0.29, 0.717) is 26.1 Å². The van der Waals surface area contributed by atoms with Gasteiger partial charge in [-0.1, -0.05) is 17.7 Å². The molecular formula is C13H18O5S. The van der Waals surface area contributed by atoms with Crippen LogP contribution in [-0.4, -0.2) is 38.9 Å². The largest absolute Gasteiger partial charge is 0.387 e. The second-order valence-corrected chi connectivity index (χ2v) is 6.48. The number of ether oxygens (including phenoxy) is 1. The lowest BCUT2D eigenvalue weighted by Gasteiger charge is -2.31. The molecule has 1 fully saturated rings. The van der Waals surface area contributed by atoms with Crippen LogP contribution in [0.5, 0.6) is 0 Å². The molecule has 1 aromatic carbocycles. The fourth-order valence-electron chi connectivity index (χ4n) is 1.86. The van der Waals surface area contributed by atoms with Gasteiger partial charge in [0.1, 0.15) is 0 Å². The highest BCUT2D eigenvalue weighted by Gasteiger charge is 2.32. The van der Waals surface area contributed by atoms with E-state index in [1.54, 1.807) is 12.1 Å². The van der Waals surface area contributed by atoms with Crippen molar-refractivity contribution in [2.24, 2.45) is 0 Å². The summed E-state index contributed by atoms with van der Waals surface area (Å²) < 4.78 is 34.0. The van der Waals surface area contributed by atoms with Gasteiger partial charge in [-0.2, -0.15) is 8.42 Å². The number of aryl methyl sites for hydroxylation is 1. The molecule has 19 heavy (non-hydrogen) atoms. The lowest BCUT2D eigenvalue weighted by Crippen LogP contribution is -2.41. The molecule has 6 heteroatoms. The Morgan fingerprint density at radius 1 is 1.26 bits per heavy atom. The molecule has 0 unspecified atom stereocenters. The second kappa shape index (κ2) is 5.58. The molecule has 0 saturated carbocycles. The van der Waals surface area contributed by atoms with Crippen molar-refractivity contribution in [3.05, 3.63) is 29.8 Å². The first-order valence-corrected chi connectivity index (χ1v) is 7.58. The van der Waals surface area contributed by atoms with Crippen LogP contribution in [0, 0.1) is 6.92 Å². The van der Waals surface area contributed by atoms with Crippen molar-refractivity contribution in [2.45, 2.75) is 30.3 Å². The third-order valence-corrected chi connectivity index (χ3v) is 4.49. The predicted molar refractivity (Wildman–Crippen MR) is 69.3 cm³/mol. The molecule has 1 N–H and O–H groups in total. The minimum Gasteiger partial charge on any atom is -0.387 e. The summed E-state index contributed by atoms with van der Waals surface area (Å²) in [5, 5.41) is 10.2. The molecule has 1 aromatic rings. The first kappa shape index (κ1) is 14.5. The summed E-state index contributed by atoms with van der Waals surface area (Å²) in [5.41, 5.74) is -0.141.